The first-order valence-electron chi connectivity index (χ1n) is 13.0. The summed E-state index contributed by atoms with van der Waals surface area (Å²) in [5, 5.41) is 19.5. The Balaban J connectivity index is 5.05. The van der Waals surface area contributed by atoms with E-state index in [1.807, 2.05) is 4.90 Å². The molecule has 14 nitrogen and oxygen atoms in total. The molecule has 2 atom stereocenters. The van der Waals surface area contributed by atoms with Crippen LogP contribution >= 0.6 is 37.9 Å². The number of aliphatic carboxylic acids is 1. The van der Waals surface area contributed by atoms with Crippen molar-refractivity contribution < 1.29 is 29.1 Å². The summed E-state index contributed by atoms with van der Waals surface area (Å²) in [4.78, 5) is 67.0. The van der Waals surface area contributed by atoms with Crippen LogP contribution < -0.4 is 32.7 Å². The molecule has 0 aliphatic rings. The van der Waals surface area contributed by atoms with Crippen molar-refractivity contribution in [2.24, 2.45) is 16.5 Å². The van der Waals surface area contributed by atoms with E-state index in [9.17, 15) is 24.0 Å². The molecule has 0 spiro atoms. The molecule has 0 saturated carbocycles. The van der Waals surface area contributed by atoms with Crippen molar-refractivity contribution in [3.63, 3.8) is 0 Å². The van der Waals surface area contributed by atoms with Crippen LogP contribution in [0.3, 0.4) is 0 Å². The number of nitrogens with zero attached hydrogens (tertiary/aromatic N) is 2. The van der Waals surface area contributed by atoms with Gasteiger partial charge in [-0.15, -0.1) is 0 Å². The highest BCUT2D eigenvalue weighted by Gasteiger charge is 2.23. The van der Waals surface area contributed by atoms with Gasteiger partial charge in [0.05, 0.1) is 6.54 Å². The van der Waals surface area contributed by atoms with Gasteiger partial charge in [-0.1, -0.05) is 0 Å². The van der Waals surface area contributed by atoms with Crippen LogP contribution in [0.15, 0.2) is 4.99 Å². The zero-order valence-corrected chi connectivity index (χ0v) is 25.3. The second-order valence-corrected chi connectivity index (χ2v) is 10.1. The zero-order valence-electron chi connectivity index (χ0n) is 22.6. The quantitative estimate of drug-likeness (QED) is 0.0262. The Morgan fingerprint density at radius 2 is 1.35 bits per heavy atom. The Bertz CT molecular complexity index is 826. The smallest absolute Gasteiger partial charge is 0.303 e. The number of carbonyl (C=O) groups is 5. The van der Waals surface area contributed by atoms with Gasteiger partial charge in [0.15, 0.2) is 5.96 Å². The molecule has 0 aliphatic heterocycles. The number of guanidine groups is 1. The molecular weight excluding hydrogens is 581 g/mol. The molecule has 0 unspecified atom stereocenters. The number of carboxylic acid groups (broad SMARTS) is 1. The van der Waals surface area contributed by atoms with Crippen molar-refractivity contribution in [1.82, 2.24) is 26.2 Å². The first-order valence-corrected chi connectivity index (χ1v) is 14.9. The lowest BCUT2D eigenvalue weighted by Crippen LogP contribution is -2.51. The summed E-state index contributed by atoms with van der Waals surface area (Å²) in [6.07, 6.45) is 0.743. The summed E-state index contributed by atoms with van der Waals surface area (Å²) in [7, 11) is 0. The Morgan fingerprint density at radius 1 is 0.775 bits per heavy atom. The van der Waals surface area contributed by atoms with Crippen molar-refractivity contribution >= 4 is 73.4 Å². The maximum absolute atomic E-state index is 12.9. The van der Waals surface area contributed by atoms with Crippen LogP contribution in [0.4, 0.5) is 0 Å². The van der Waals surface area contributed by atoms with Gasteiger partial charge in [-0.3, -0.25) is 33.9 Å². The lowest BCUT2D eigenvalue weighted by molar-refractivity contribution is -0.138. The molecule has 0 aliphatic carbocycles. The van der Waals surface area contributed by atoms with E-state index in [0.29, 0.717) is 49.7 Å². The Hall–Kier alpha value is -2.37. The van der Waals surface area contributed by atoms with E-state index in [-0.39, 0.29) is 57.2 Å². The van der Waals surface area contributed by atoms with Crippen LogP contribution in [0, 0.1) is 0 Å². The molecule has 230 valence electrons. The zero-order chi connectivity index (χ0) is 30.3. The van der Waals surface area contributed by atoms with E-state index in [2.05, 4.69) is 64.1 Å². The third kappa shape index (κ3) is 19.7. The van der Waals surface area contributed by atoms with Gasteiger partial charge >= 0.3 is 5.97 Å². The van der Waals surface area contributed by atoms with Gasteiger partial charge in [-0.2, -0.15) is 37.9 Å². The van der Waals surface area contributed by atoms with Crippen LogP contribution in [-0.4, -0.2) is 114 Å². The van der Waals surface area contributed by atoms with E-state index < -0.39 is 35.8 Å². The van der Waals surface area contributed by atoms with E-state index in [1.54, 1.807) is 0 Å². The third-order valence-corrected chi connectivity index (χ3v) is 6.10. The molecule has 0 bridgehead atoms. The first kappa shape index (κ1) is 37.6. The summed E-state index contributed by atoms with van der Waals surface area (Å²) < 4.78 is 0. The summed E-state index contributed by atoms with van der Waals surface area (Å²) in [5.74, 6) is -1.38. The number of amides is 4. The average Bonchev–Trinajstić information content (AvgIpc) is 2.88. The van der Waals surface area contributed by atoms with Gasteiger partial charge < -0.3 is 37.8 Å². The molecule has 0 fully saturated rings. The summed E-state index contributed by atoms with van der Waals surface area (Å²) >= 11 is 12.5. The molecule has 0 aromatic carbocycles. The van der Waals surface area contributed by atoms with Crippen LogP contribution in [-0.2, 0) is 24.0 Å². The molecule has 0 saturated heterocycles. The van der Waals surface area contributed by atoms with E-state index in [1.165, 1.54) is 0 Å². The molecule has 0 rings (SSSR count). The monoisotopic (exact) mass is 624 g/mol. The lowest BCUT2D eigenvalue weighted by atomic mass is 10.1. The SMILES string of the molecule is NC(N)=NCCC[C@H](NC(=O)CN(CCS)CCS)C(=O)NCCC(=O)N[C@@H](CCC(=O)O)C(=O)NCCCS. The fraction of sp³-hybridized carbons (Fsp3) is 0.739. The molecule has 0 radical (unpaired) electrons. The molecule has 9 N–H and O–H groups in total. The van der Waals surface area contributed by atoms with Crippen molar-refractivity contribution in [3.8, 4) is 0 Å². The molecule has 17 heteroatoms. The molecule has 40 heavy (non-hydrogen) atoms. The van der Waals surface area contributed by atoms with Crippen LogP contribution in [0.5, 0.6) is 0 Å². The number of aliphatic imine (C=N–C) groups is 1. The topological polar surface area (TPSA) is 221 Å². The predicted octanol–water partition coefficient (Wildman–Crippen LogP) is -2.02. The highest BCUT2D eigenvalue weighted by atomic mass is 32.1. The number of carboxylic acids is 1. The number of hydrogen-bond donors (Lipinski definition) is 10. The maximum atomic E-state index is 12.9. The van der Waals surface area contributed by atoms with Gasteiger partial charge in [-0.25, -0.2) is 0 Å². The van der Waals surface area contributed by atoms with Crippen LogP contribution in [0.1, 0.15) is 38.5 Å². The van der Waals surface area contributed by atoms with E-state index in [4.69, 9.17) is 16.6 Å². The Kier molecular flexibility index (Phi) is 22.0. The Labute approximate surface area is 251 Å². The van der Waals surface area contributed by atoms with Gasteiger partial charge in [0, 0.05) is 57.1 Å². The van der Waals surface area contributed by atoms with Crippen molar-refractivity contribution in [2.45, 2.75) is 50.6 Å². The highest BCUT2D eigenvalue weighted by Crippen LogP contribution is 2.02. The van der Waals surface area contributed by atoms with Crippen LogP contribution in [0.2, 0.25) is 0 Å². The first-order chi connectivity index (χ1) is 19.0. The molecular formula is C23H44N8O6S3. The number of carbonyl (C=O) groups excluding carboxylic acids is 4. The summed E-state index contributed by atoms with van der Waals surface area (Å²) in [5.41, 5.74) is 10.7. The fourth-order valence-electron chi connectivity index (χ4n) is 3.41. The standard InChI is InChI=1S/C23H44N8O6S3/c24-23(25)28-7-1-3-16(30-19(33)15-31(10-13-39)11-14-40)21(36)27-9-6-18(32)29-17(4-5-20(34)35)22(37)26-8-2-12-38/h16-17,38-40H,1-15H2,(H,26,37)(H,27,36)(H,29,32)(H,30,33)(H,34,35)(H4,24,25,28)/t16-,17-/m0/s1. The lowest BCUT2D eigenvalue weighted by Gasteiger charge is -2.23. The van der Waals surface area contributed by atoms with Crippen molar-refractivity contribution in [1.29, 1.82) is 0 Å². The minimum absolute atomic E-state index is 0.0645. The minimum Gasteiger partial charge on any atom is -0.481 e. The largest absolute Gasteiger partial charge is 0.481 e. The third-order valence-electron chi connectivity index (χ3n) is 5.38. The van der Waals surface area contributed by atoms with Crippen molar-refractivity contribution in [3.05, 3.63) is 0 Å². The molecule has 4 amide bonds. The predicted molar refractivity (Wildman–Crippen MR) is 164 cm³/mol. The summed E-state index contributed by atoms with van der Waals surface area (Å²) in [6, 6.07) is -1.92. The van der Waals surface area contributed by atoms with Crippen molar-refractivity contribution in [2.75, 3.05) is 56.5 Å². The maximum Gasteiger partial charge on any atom is 0.303 e. The van der Waals surface area contributed by atoms with E-state index in [0.717, 1.165) is 0 Å². The number of nitrogens with two attached hydrogens (primary N) is 2. The second kappa shape index (κ2) is 23.3. The number of nitrogens with one attached hydrogen (secondary N) is 4. The average molecular weight is 625 g/mol. The second-order valence-electron chi connectivity index (χ2n) is 8.75. The van der Waals surface area contributed by atoms with Gasteiger partial charge in [0.2, 0.25) is 23.6 Å². The number of thiol groups is 3. The highest BCUT2D eigenvalue weighted by molar-refractivity contribution is 7.80. The van der Waals surface area contributed by atoms with E-state index >= 15 is 0 Å². The van der Waals surface area contributed by atoms with Gasteiger partial charge in [0.1, 0.15) is 12.1 Å². The normalized spacial score (nSPS) is 12.2. The molecule has 0 heterocycles. The van der Waals surface area contributed by atoms with Gasteiger partial charge in [0.25, 0.3) is 0 Å². The van der Waals surface area contributed by atoms with Crippen LogP contribution in [0.25, 0.3) is 0 Å². The summed E-state index contributed by atoms with van der Waals surface area (Å²) in [6.45, 7) is 1.76. The molecule has 0 aromatic rings. The molecule has 0 aromatic heterocycles. The number of hydrogen-bond acceptors (Lipinski definition) is 10. The van der Waals surface area contributed by atoms with Gasteiger partial charge in [-0.05, 0) is 31.4 Å². The number of rotatable bonds is 23. The fourth-order valence-corrected chi connectivity index (χ4v) is 4.13. The Morgan fingerprint density at radius 3 is 1.90 bits per heavy atom. The minimum atomic E-state index is -1.10.